The highest BCUT2D eigenvalue weighted by Crippen LogP contribution is 2.37. The van der Waals surface area contributed by atoms with Crippen molar-refractivity contribution >= 4 is 39.1 Å². The molecule has 2 aliphatic heterocycles. The van der Waals surface area contributed by atoms with Gasteiger partial charge in [0.2, 0.25) is 15.9 Å². The van der Waals surface area contributed by atoms with E-state index < -0.39 is 22.0 Å². The molecule has 0 spiro atoms. The minimum absolute atomic E-state index is 0.00361. The van der Waals surface area contributed by atoms with Crippen LogP contribution < -0.4 is 19.7 Å². The van der Waals surface area contributed by atoms with Crippen molar-refractivity contribution in [1.29, 1.82) is 0 Å². The zero-order valence-electron chi connectivity index (χ0n) is 22.7. The topological polar surface area (TPSA) is 105 Å². The molecule has 2 heterocycles. The summed E-state index contributed by atoms with van der Waals surface area (Å²) >= 11 is 6.14. The first kappa shape index (κ1) is 28.9. The second kappa shape index (κ2) is 12.5. The van der Waals surface area contributed by atoms with Crippen molar-refractivity contribution in [3.05, 3.63) is 83.4 Å². The molecule has 11 heteroatoms. The highest BCUT2D eigenvalue weighted by atomic mass is 35.5. The van der Waals surface area contributed by atoms with Gasteiger partial charge in [-0.3, -0.25) is 9.59 Å². The molecular formula is C30H32ClN3O6S. The van der Waals surface area contributed by atoms with Gasteiger partial charge in [-0.05, 0) is 55.7 Å². The van der Waals surface area contributed by atoms with Crippen LogP contribution in [0, 0.1) is 5.92 Å². The summed E-state index contributed by atoms with van der Waals surface area (Å²) in [6.07, 6.45) is 0.109. The Morgan fingerprint density at radius 3 is 2.59 bits per heavy atom. The summed E-state index contributed by atoms with van der Waals surface area (Å²) in [6.45, 7) is 2.69. The number of halogens is 1. The summed E-state index contributed by atoms with van der Waals surface area (Å²) in [5.74, 6) is -0.548. The van der Waals surface area contributed by atoms with Crippen LogP contribution in [0.4, 0.5) is 5.69 Å². The average molecular weight is 598 g/mol. The molecule has 2 atom stereocenters. The molecular weight excluding hydrogens is 566 g/mol. The number of piperidine rings is 1. The maximum Gasteiger partial charge on any atom is 0.263 e. The normalized spacial score (nSPS) is 19.1. The fourth-order valence-electron chi connectivity index (χ4n) is 5.16. The molecule has 0 aromatic heterocycles. The van der Waals surface area contributed by atoms with E-state index >= 15 is 0 Å². The minimum Gasteiger partial charge on any atom is -0.492 e. The number of ether oxygens (including phenoxy) is 2. The van der Waals surface area contributed by atoms with Crippen molar-refractivity contribution in [2.24, 2.45) is 5.92 Å². The number of nitrogens with one attached hydrogen (secondary N) is 1. The van der Waals surface area contributed by atoms with Crippen LogP contribution in [0.1, 0.15) is 25.3 Å². The molecule has 0 aliphatic carbocycles. The second-order valence-electron chi connectivity index (χ2n) is 9.95. The molecule has 41 heavy (non-hydrogen) atoms. The summed E-state index contributed by atoms with van der Waals surface area (Å²) in [5.41, 5.74) is 1.50. The number of sulfonamides is 1. The third kappa shape index (κ3) is 6.34. The van der Waals surface area contributed by atoms with Crippen LogP contribution in [0.2, 0.25) is 5.02 Å². The maximum atomic E-state index is 14.0. The molecule has 2 aliphatic rings. The van der Waals surface area contributed by atoms with E-state index in [2.05, 4.69) is 5.32 Å². The minimum atomic E-state index is -3.99. The van der Waals surface area contributed by atoms with Gasteiger partial charge >= 0.3 is 0 Å². The molecule has 0 saturated carbocycles. The van der Waals surface area contributed by atoms with E-state index in [0.29, 0.717) is 37.4 Å². The van der Waals surface area contributed by atoms with Crippen LogP contribution in [0.25, 0.3) is 0 Å². The van der Waals surface area contributed by atoms with Crippen LogP contribution in [0.3, 0.4) is 0 Å². The van der Waals surface area contributed by atoms with E-state index in [9.17, 15) is 18.0 Å². The third-order valence-corrected chi connectivity index (χ3v) is 9.32. The summed E-state index contributed by atoms with van der Waals surface area (Å²) in [7, 11) is -3.99. The Hall–Kier alpha value is -3.60. The molecule has 3 aromatic carbocycles. The third-order valence-electron chi connectivity index (χ3n) is 7.20. The van der Waals surface area contributed by atoms with E-state index in [1.165, 1.54) is 10.4 Å². The molecule has 0 unspecified atom stereocenters. The Morgan fingerprint density at radius 2 is 1.80 bits per heavy atom. The molecule has 0 bridgehead atoms. The van der Waals surface area contributed by atoms with Crippen LogP contribution in [0.5, 0.6) is 11.5 Å². The molecule has 1 saturated heterocycles. The van der Waals surface area contributed by atoms with E-state index in [-0.39, 0.29) is 47.1 Å². The summed E-state index contributed by atoms with van der Waals surface area (Å²) in [5, 5.41) is 3.17. The largest absolute Gasteiger partial charge is 0.492 e. The number of carbonyl (C=O) groups excluding carboxylic acids is 2. The van der Waals surface area contributed by atoms with Gasteiger partial charge in [0.05, 0.1) is 24.8 Å². The molecule has 3 aromatic rings. The van der Waals surface area contributed by atoms with Gasteiger partial charge in [-0.1, -0.05) is 54.1 Å². The predicted molar refractivity (Wildman–Crippen MR) is 156 cm³/mol. The van der Waals surface area contributed by atoms with Crippen molar-refractivity contribution in [3.8, 4) is 11.5 Å². The van der Waals surface area contributed by atoms with Gasteiger partial charge in [0.1, 0.15) is 16.4 Å². The summed E-state index contributed by atoms with van der Waals surface area (Å²) in [4.78, 5) is 28.6. The SMILES string of the molecule is CCOc1ccc(Cl)cc1S(=O)(=O)N1CCC[C@H](C(=O)N2C[C@@H](C(=O)NCc3ccccc3)Oc3ccccc32)C1. The molecule has 2 amide bonds. The number of para-hydroxylation sites is 2. The fraction of sp³-hybridized carbons (Fsp3) is 0.333. The van der Waals surface area contributed by atoms with Gasteiger partial charge in [-0.15, -0.1) is 0 Å². The van der Waals surface area contributed by atoms with E-state index in [4.69, 9.17) is 21.1 Å². The Balaban J connectivity index is 1.35. The van der Waals surface area contributed by atoms with Crippen molar-refractivity contribution in [3.63, 3.8) is 0 Å². The molecule has 1 fully saturated rings. The van der Waals surface area contributed by atoms with E-state index in [0.717, 1.165) is 5.56 Å². The predicted octanol–water partition coefficient (Wildman–Crippen LogP) is 4.25. The highest BCUT2D eigenvalue weighted by Gasteiger charge is 2.40. The van der Waals surface area contributed by atoms with Gasteiger partial charge in [0, 0.05) is 24.7 Å². The van der Waals surface area contributed by atoms with Crippen LogP contribution in [0.15, 0.2) is 77.7 Å². The Labute approximate surface area is 245 Å². The lowest BCUT2D eigenvalue weighted by molar-refractivity contribution is -0.129. The second-order valence-corrected chi connectivity index (χ2v) is 12.3. The quantitative estimate of drug-likeness (QED) is 0.416. The zero-order valence-corrected chi connectivity index (χ0v) is 24.2. The van der Waals surface area contributed by atoms with E-state index in [1.807, 2.05) is 30.3 Å². The maximum absolute atomic E-state index is 14.0. The van der Waals surface area contributed by atoms with Crippen molar-refractivity contribution in [1.82, 2.24) is 9.62 Å². The average Bonchev–Trinajstić information content (AvgIpc) is 3.00. The van der Waals surface area contributed by atoms with Gasteiger partial charge in [-0.25, -0.2) is 8.42 Å². The smallest absolute Gasteiger partial charge is 0.263 e. The fourth-order valence-corrected chi connectivity index (χ4v) is 7.08. The number of hydrogen-bond acceptors (Lipinski definition) is 6. The molecule has 5 rings (SSSR count). The zero-order chi connectivity index (χ0) is 29.0. The number of hydrogen-bond donors (Lipinski definition) is 1. The molecule has 0 radical (unpaired) electrons. The molecule has 9 nitrogen and oxygen atoms in total. The monoisotopic (exact) mass is 597 g/mol. The van der Waals surface area contributed by atoms with Crippen molar-refractivity contribution in [2.45, 2.75) is 37.3 Å². The Bertz CT molecular complexity index is 1520. The summed E-state index contributed by atoms with van der Waals surface area (Å²) in [6, 6.07) is 21.1. The van der Waals surface area contributed by atoms with Crippen LogP contribution >= 0.6 is 11.6 Å². The number of amides is 2. The van der Waals surface area contributed by atoms with Gasteiger partial charge < -0.3 is 19.7 Å². The number of rotatable bonds is 8. The first-order valence-corrected chi connectivity index (χ1v) is 15.4. The van der Waals surface area contributed by atoms with Crippen molar-refractivity contribution in [2.75, 3.05) is 31.1 Å². The lowest BCUT2D eigenvalue weighted by Crippen LogP contribution is -2.53. The molecule has 216 valence electrons. The van der Waals surface area contributed by atoms with Crippen LogP contribution in [-0.4, -0.2) is 56.9 Å². The Kier molecular flexibility index (Phi) is 8.82. The highest BCUT2D eigenvalue weighted by molar-refractivity contribution is 7.89. The molecule has 1 N–H and O–H groups in total. The van der Waals surface area contributed by atoms with Gasteiger partial charge in [0.15, 0.2) is 6.10 Å². The number of fused-ring (bicyclic) bond motifs is 1. The first-order valence-electron chi connectivity index (χ1n) is 13.6. The number of nitrogens with zero attached hydrogens (tertiary/aromatic N) is 2. The lowest BCUT2D eigenvalue weighted by Gasteiger charge is -2.38. The number of carbonyl (C=O) groups is 2. The van der Waals surface area contributed by atoms with Gasteiger partial charge in [-0.2, -0.15) is 4.31 Å². The lowest BCUT2D eigenvalue weighted by atomic mass is 9.97. The van der Waals surface area contributed by atoms with E-state index in [1.54, 1.807) is 48.2 Å². The number of anilines is 1. The summed E-state index contributed by atoms with van der Waals surface area (Å²) < 4.78 is 40.3. The standard InChI is InChI=1S/C30H32ClN3O6S/c1-2-39-26-15-14-23(31)17-28(26)41(37,38)33-16-8-11-22(19-33)30(36)34-20-27(40-25-13-7-6-12-24(25)34)29(35)32-18-21-9-4-3-5-10-21/h3-7,9-10,12-15,17,22,27H,2,8,11,16,18-20H2,1H3,(H,32,35)/t22-,27-/m0/s1. The van der Waals surface area contributed by atoms with Gasteiger partial charge in [0.25, 0.3) is 5.91 Å². The first-order chi connectivity index (χ1) is 19.8. The van der Waals surface area contributed by atoms with Crippen LogP contribution in [-0.2, 0) is 26.2 Å². The number of benzene rings is 3. The Morgan fingerprint density at radius 1 is 1.05 bits per heavy atom. The van der Waals surface area contributed by atoms with Crippen molar-refractivity contribution < 1.29 is 27.5 Å².